The van der Waals surface area contributed by atoms with Crippen LogP contribution in [0.3, 0.4) is 0 Å². The van der Waals surface area contributed by atoms with Crippen LogP contribution < -0.4 is 0 Å². The van der Waals surface area contributed by atoms with Crippen LogP contribution in [0.5, 0.6) is 0 Å². The minimum atomic E-state index is -1.87. The molecule has 1 aliphatic rings. The van der Waals surface area contributed by atoms with E-state index in [1.54, 1.807) is 0 Å². The minimum Gasteiger partial charge on any atom is -0.465 e. The van der Waals surface area contributed by atoms with Gasteiger partial charge >= 0.3 is 5.97 Å². The van der Waals surface area contributed by atoms with Gasteiger partial charge in [0.2, 0.25) is 0 Å². The molecular weight excluding hydrogens is 335 g/mol. The van der Waals surface area contributed by atoms with Crippen LogP contribution in [0.25, 0.3) is 0 Å². The molecule has 0 aromatic heterocycles. The molecule has 1 atom stereocenters. The van der Waals surface area contributed by atoms with Gasteiger partial charge < -0.3 is 4.74 Å². The maximum atomic E-state index is 13.8. The SMILES string of the molecule is CCOC(=O)C(C=NC1CC1)C(=O)c1cc(Cl)c(F)c(F)c1F. The maximum Gasteiger partial charge on any atom is 0.322 e. The van der Waals surface area contributed by atoms with Crippen molar-refractivity contribution in [2.45, 2.75) is 25.8 Å². The molecule has 4 nitrogen and oxygen atoms in total. The van der Waals surface area contributed by atoms with E-state index in [1.165, 1.54) is 6.92 Å². The molecule has 0 amide bonds. The average Bonchev–Trinajstić information content (AvgIpc) is 3.33. The molecule has 1 aliphatic carbocycles. The molecule has 124 valence electrons. The van der Waals surface area contributed by atoms with Crippen LogP contribution in [0.4, 0.5) is 13.2 Å². The second-order valence-corrected chi connectivity index (χ2v) is 5.38. The highest BCUT2D eigenvalue weighted by molar-refractivity contribution is 6.31. The van der Waals surface area contributed by atoms with E-state index in [0.717, 1.165) is 19.1 Å². The van der Waals surface area contributed by atoms with Crippen molar-refractivity contribution >= 4 is 29.6 Å². The standard InChI is InChI=1S/C15H13ClF3NO3/c1-2-23-15(22)9(6-20-7-3-4-7)14(21)8-5-10(16)12(18)13(19)11(8)17/h5-7,9H,2-4H2,1H3. The predicted octanol–water partition coefficient (Wildman–Crippen LogP) is 3.35. The highest BCUT2D eigenvalue weighted by atomic mass is 35.5. The van der Waals surface area contributed by atoms with Gasteiger partial charge in [0.15, 0.2) is 29.2 Å². The fourth-order valence-corrected chi connectivity index (χ4v) is 2.01. The van der Waals surface area contributed by atoms with Gasteiger partial charge in [0.05, 0.1) is 17.2 Å². The number of Topliss-reactive ketones (excluding diaryl/α,β-unsaturated/α-hetero) is 1. The van der Waals surface area contributed by atoms with Crippen molar-refractivity contribution in [2.75, 3.05) is 6.61 Å². The van der Waals surface area contributed by atoms with Crippen molar-refractivity contribution in [3.8, 4) is 0 Å². The van der Waals surface area contributed by atoms with Gasteiger partial charge in [-0.1, -0.05) is 11.6 Å². The second-order valence-electron chi connectivity index (χ2n) is 4.97. The van der Waals surface area contributed by atoms with Gasteiger partial charge in [-0.3, -0.25) is 14.6 Å². The number of carbonyl (C=O) groups excluding carboxylic acids is 2. The summed E-state index contributed by atoms with van der Waals surface area (Å²) in [6.45, 7) is 1.54. The monoisotopic (exact) mass is 347 g/mol. The molecule has 1 saturated carbocycles. The Kier molecular flexibility index (Phi) is 5.41. The van der Waals surface area contributed by atoms with Crippen LogP contribution >= 0.6 is 11.6 Å². The van der Waals surface area contributed by atoms with E-state index in [1.807, 2.05) is 0 Å². The van der Waals surface area contributed by atoms with Crippen LogP contribution in [-0.4, -0.2) is 30.6 Å². The Morgan fingerprint density at radius 2 is 2.00 bits per heavy atom. The summed E-state index contributed by atoms with van der Waals surface area (Å²) in [4.78, 5) is 28.2. The van der Waals surface area contributed by atoms with Crippen LogP contribution in [0.2, 0.25) is 5.02 Å². The van der Waals surface area contributed by atoms with Gasteiger partial charge in [0.25, 0.3) is 0 Å². The number of nitrogens with zero attached hydrogens (tertiary/aromatic N) is 1. The number of hydrogen-bond acceptors (Lipinski definition) is 4. The molecule has 0 N–H and O–H groups in total. The first-order valence-electron chi connectivity index (χ1n) is 6.94. The van der Waals surface area contributed by atoms with Gasteiger partial charge in [-0.15, -0.1) is 0 Å². The Hall–Kier alpha value is -1.89. The molecule has 1 unspecified atom stereocenters. The molecule has 2 rings (SSSR count). The Balaban J connectivity index is 2.38. The molecule has 0 aliphatic heterocycles. The lowest BCUT2D eigenvalue weighted by Crippen LogP contribution is -2.29. The first kappa shape index (κ1) is 17.5. The second kappa shape index (κ2) is 7.12. The molecule has 1 aromatic carbocycles. The number of ether oxygens (including phenoxy) is 1. The van der Waals surface area contributed by atoms with Gasteiger partial charge in [0, 0.05) is 12.3 Å². The van der Waals surface area contributed by atoms with Crippen molar-refractivity contribution < 1.29 is 27.5 Å². The summed E-state index contributed by atoms with van der Waals surface area (Å²) in [7, 11) is 0. The average molecular weight is 348 g/mol. The molecule has 0 radical (unpaired) electrons. The molecule has 0 heterocycles. The van der Waals surface area contributed by atoms with Gasteiger partial charge in [0.1, 0.15) is 0 Å². The Morgan fingerprint density at radius 3 is 2.57 bits per heavy atom. The third-order valence-electron chi connectivity index (χ3n) is 3.18. The quantitative estimate of drug-likeness (QED) is 0.198. The predicted molar refractivity (Wildman–Crippen MR) is 77.3 cm³/mol. The molecule has 0 spiro atoms. The number of rotatable bonds is 6. The number of aliphatic imine (C=N–C) groups is 1. The third kappa shape index (κ3) is 3.90. The summed E-state index contributed by atoms with van der Waals surface area (Å²) < 4.78 is 45.2. The zero-order chi connectivity index (χ0) is 17.1. The number of benzene rings is 1. The Bertz CT molecular complexity index is 674. The Morgan fingerprint density at radius 1 is 1.35 bits per heavy atom. The van der Waals surface area contributed by atoms with Gasteiger partial charge in [-0.05, 0) is 25.8 Å². The summed E-state index contributed by atoms with van der Waals surface area (Å²) in [5, 5.41) is -0.756. The molecule has 1 fully saturated rings. The molecule has 23 heavy (non-hydrogen) atoms. The summed E-state index contributed by atoms with van der Waals surface area (Å²) in [5.41, 5.74) is -0.825. The van der Waals surface area contributed by atoms with Crippen LogP contribution in [0.15, 0.2) is 11.1 Å². The first-order valence-corrected chi connectivity index (χ1v) is 7.31. The highest BCUT2D eigenvalue weighted by Gasteiger charge is 2.32. The third-order valence-corrected chi connectivity index (χ3v) is 3.46. The van der Waals surface area contributed by atoms with Crippen LogP contribution in [0.1, 0.15) is 30.1 Å². The maximum absolute atomic E-state index is 13.8. The smallest absolute Gasteiger partial charge is 0.322 e. The number of carbonyl (C=O) groups is 2. The van der Waals surface area contributed by atoms with Crippen LogP contribution in [0, 0.1) is 23.4 Å². The summed E-state index contributed by atoms with van der Waals surface area (Å²) in [6.07, 6.45) is 2.71. The van der Waals surface area contributed by atoms with Crippen molar-refractivity contribution in [3.63, 3.8) is 0 Å². The fourth-order valence-electron chi connectivity index (χ4n) is 1.82. The zero-order valence-electron chi connectivity index (χ0n) is 12.1. The summed E-state index contributed by atoms with van der Waals surface area (Å²) >= 11 is 5.43. The zero-order valence-corrected chi connectivity index (χ0v) is 12.9. The number of halogens is 4. The van der Waals surface area contributed by atoms with E-state index in [0.29, 0.717) is 6.07 Å². The molecule has 0 bridgehead atoms. The van der Waals surface area contributed by atoms with Crippen LogP contribution in [-0.2, 0) is 9.53 Å². The van der Waals surface area contributed by atoms with E-state index in [-0.39, 0.29) is 12.6 Å². The van der Waals surface area contributed by atoms with E-state index in [9.17, 15) is 22.8 Å². The van der Waals surface area contributed by atoms with E-state index in [4.69, 9.17) is 16.3 Å². The lowest BCUT2D eigenvalue weighted by Gasteiger charge is -2.12. The topological polar surface area (TPSA) is 55.7 Å². The normalized spacial score (nSPS) is 15.7. The Labute approximate surface area is 135 Å². The number of esters is 1. The lowest BCUT2D eigenvalue weighted by molar-refractivity contribution is -0.143. The highest BCUT2D eigenvalue weighted by Crippen LogP contribution is 2.26. The van der Waals surface area contributed by atoms with E-state index >= 15 is 0 Å². The number of ketones is 1. The van der Waals surface area contributed by atoms with Gasteiger partial charge in [-0.25, -0.2) is 13.2 Å². The van der Waals surface area contributed by atoms with E-state index < -0.39 is 45.7 Å². The van der Waals surface area contributed by atoms with Crippen molar-refractivity contribution in [3.05, 3.63) is 34.1 Å². The van der Waals surface area contributed by atoms with Gasteiger partial charge in [-0.2, -0.15) is 0 Å². The minimum absolute atomic E-state index is 0.000892. The van der Waals surface area contributed by atoms with Crippen molar-refractivity contribution in [1.82, 2.24) is 0 Å². The summed E-state index contributed by atoms with van der Waals surface area (Å²) in [5.74, 6) is -8.74. The molecule has 8 heteroatoms. The fraction of sp³-hybridized carbons (Fsp3) is 0.400. The molecular formula is C15H13ClF3NO3. The molecule has 0 saturated heterocycles. The van der Waals surface area contributed by atoms with Crippen molar-refractivity contribution in [2.24, 2.45) is 10.9 Å². The van der Waals surface area contributed by atoms with E-state index in [2.05, 4.69) is 4.99 Å². The number of hydrogen-bond donors (Lipinski definition) is 0. The lowest BCUT2D eigenvalue weighted by atomic mass is 9.97. The summed E-state index contributed by atoms with van der Waals surface area (Å²) in [6, 6.07) is 0.660. The first-order chi connectivity index (χ1) is 10.9. The molecule has 1 aromatic rings. The largest absolute Gasteiger partial charge is 0.465 e. The van der Waals surface area contributed by atoms with Crippen molar-refractivity contribution in [1.29, 1.82) is 0 Å².